The van der Waals surface area contributed by atoms with Gasteiger partial charge >= 0.3 is 0 Å². The zero-order chi connectivity index (χ0) is 18.4. The van der Waals surface area contributed by atoms with E-state index >= 15 is 0 Å². The third-order valence-electron chi connectivity index (χ3n) is 3.42. The highest BCUT2D eigenvalue weighted by molar-refractivity contribution is 6.30. The highest BCUT2D eigenvalue weighted by Gasteiger charge is 2.16. The molecule has 6 nitrogen and oxygen atoms in total. The van der Waals surface area contributed by atoms with E-state index in [1.807, 2.05) is 0 Å². The van der Waals surface area contributed by atoms with E-state index < -0.39 is 11.8 Å². The summed E-state index contributed by atoms with van der Waals surface area (Å²) in [5, 5.41) is 5.83. The summed E-state index contributed by atoms with van der Waals surface area (Å²) in [7, 11) is 0. The molecule has 0 radical (unpaired) electrons. The average molecular weight is 371 g/mol. The second-order valence-electron chi connectivity index (χ2n) is 5.30. The lowest BCUT2D eigenvalue weighted by molar-refractivity contribution is -0.118. The van der Waals surface area contributed by atoms with Crippen molar-refractivity contribution in [3.05, 3.63) is 88.9 Å². The number of rotatable bonds is 6. The number of amides is 2. The molecule has 132 valence electrons. The van der Waals surface area contributed by atoms with Crippen molar-refractivity contribution in [2.24, 2.45) is 0 Å². The van der Waals surface area contributed by atoms with E-state index in [4.69, 9.17) is 20.4 Å². The lowest BCUT2D eigenvalue weighted by atomic mass is 10.2. The van der Waals surface area contributed by atoms with Gasteiger partial charge in [-0.1, -0.05) is 23.7 Å². The first kappa shape index (κ1) is 17.6. The summed E-state index contributed by atoms with van der Waals surface area (Å²) in [5.41, 5.74) is 0.776. The molecule has 2 N–H and O–H groups in total. The zero-order valence-corrected chi connectivity index (χ0v) is 14.3. The third kappa shape index (κ3) is 4.64. The van der Waals surface area contributed by atoms with Crippen molar-refractivity contribution >= 4 is 29.5 Å². The van der Waals surface area contributed by atoms with E-state index in [2.05, 4.69) is 10.6 Å². The number of halogens is 1. The molecule has 2 heterocycles. The van der Waals surface area contributed by atoms with Crippen molar-refractivity contribution in [1.82, 2.24) is 10.6 Å². The number of carbonyl (C=O) groups excluding carboxylic acids is 2. The molecule has 2 amide bonds. The summed E-state index contributed by atoms with van der Waals surface area (Å²) in [6, 6.07) is 13.4. The molecule has 0 fully saturated rings. The van der Waals surface area contributed by atoms with Gasteiger partial charge in [0.2, 0.25) is 0 Å². The summed E-state index contributed by atoms with van der Waals surface area (Å²) < 4.78 is 10.2. The van der Waals surface area contributed by atoms with Gasteiger partial charge in [0, 0.05) is 5.02 Å². The lowest BCUT2D eigenvalue weighted by Crippen LogP contribution is -2.34. The predicted octanol–water partition coefficient (Wildman–Crippen LogP) is 3.61. The molecule has 26 heavy (non-hydrogen) atoms. The first-order valence-electron chi connectivity index (χ1n) is 7.74. The van der Waals surface area contributed by atoms with Crippen LogP contribution in [-0.4, -0.2) is 11.8 Å². The number of nitrogens with one attached hydrogen (secondary N) is 2. The fourth-order valence-electron chi connectivity index (χ4n) is 2.15. The van der Waals surface area contributed by atoms with Crippen LogP contribution in [0.1, 0.15) is 21.9 Å². The van der Waals surface area contributed by atoms with Crippen molar-refractivity contribution in [3.8, 4) is 0 Å². The van der Waals surface area contributed by atoms with Crippen LogP contribution >= 0.6 is 11.6 Å². The van der Waals surface area contributed by atoms with Crippen LogP contribution in [0.5, 0.6) is 0 Å². The molecule has 7 heteroatoms. The lowest BCUT2D eigenvalue weighted by Gasteiger charge is -2.09. The predicted molar refractivity (Wildman–Crippen MR) is 96.2 cm³/mol. The third-order valence-corrected chi connectivity index (χ3v) is 3.67. The highest BCUT2D eigenvalue weighted by Crippen LogP contribution is 2.13. The van der Waals surface area contributed by atoms with Gasteiger partial charge in [-0.25, -0.2) is 0 Å². The number of hydrogen-bond donors (Lipinski definition) is 2. The molecule has 0 saturated carbocycles. The molecule has 0 saturated heterocycles. The van der Waals surface area contributed by atoms with Gasteiger partial charge in [0.15, 0.2) is 5.76 Å². The summed E-state index contributed by atoms with van der Waals surface area (Å²) in [6.07, 6.45) is 4.45. The fourth-order valence-corrected chi connectivity index (χ4v) is 2.28. The van der Waals surface area contributed by atoms with E-state index in [0.29, 0.717) is 16.3 Å². The minimum absolute atomic E-state index is 0.0697. The quantitative estimate of drug-likeness (QED) is 0.649. The molecule has 2 aromatic heterocycles. The number of benzene rings is 1. The van der Waals surface area contributed by atoms with E-state index in [-0.39, 0.29) is 18.0 Å². The van der Waals surface area contributed by atoms with Crippen LogP contribution < -0.4 is 10.6 Å². The Hall–Kier alpha value is -3.25. The molecule has 1 aromatic carbocycles. The molecule has 0 aliphatic carbocycles. The van der Waals surface area contributed by atoms with Gasteiger partial charge in [0.1, 0.15) is 11.5 Å². The summed E-state index contributed by atoms with van der Waals surface area (Å²) in [5.74, 6) is -0.285. The van der Waals surface area contributed by atoms with Gasteiger partial charge in [-0.05, 0) is 48.0 Å². The smallest absolute Gasteiger partial charge is 0.291 e. The number of carbonyl (C=O) groups is 2. The highest BCUT2D eigenvalue weighted by atomic mass is 35.5. The second-order valence-corrected chi connectivity index (χ2v) is 5.74. The second kappa shape index (κ2) is 8.22. The monoisotopic (exact) mass is 370 g/mol. The van der Waals surface area contributed by atoms with E-state index in [0.717, 1.165) is 0 Å². The van der Waals surface area contributed by atoms with E-state index in [9.17, 15) is 9.59 Å². The Kier molecular flexibility index (Phi) is 5.56. The maximum absolute atomic E-state index is 12.5. The molecular weight excluding hydrogens is 356 g/mol. The maximum Gasteiger partial charge on any atom is 0.291 e. The molecule has 3 rings (SSSR count). The largest absolute Gasteiger partial charge is 0.467 e. The first-order valence-corrected chi connectivity index (χ1v) is 8.12. The molecule has 0 bridgehead atoms. The SMILES string of the molecule is O=C(NCc1ccco1)C(=Cc1ccc(Cl)cc1)NC(=O)c1ccco1. The van der Waals surface area contributed by atoms with Crippen molar-refractivity contribution in [2.75, 3.05) is 0 Å². The minimum atomic E-state index is -0.525. The zero-order valence-electron chi connectivity index (χ0n) is 13.6. The van der Waals surface area contributed by atoms with Crippen molar-refractivity contribution in [1.29, 1.82) is 0 Å². The van der Waals surface area contributed by atoms with E-state index in [1.165, 1.54) is 18.6 Å². The fraction of sp³-hybridized carbons (Fsp3) is 0.0526. The van der Waals surface area contributed by atoms with Crippen LogP contribution in [-0.2, 0) is 11.3 Å². The van der Waals surface area contributed by atoms with Crippen LogP contribution in [0.4, 0.5) is 0 Å². The normalized spacial score (nSPS) is 11.2. The minimum Gasteiger partial charge on any atom is -0.467 e. The van der Waals surface area contributed by atoms with Gasteiger partial charge in [-0.3, -0.25) is 9.59 Å². The Labute approximate surface area is 154 Å². The molecule has 0 aliphatic rings. The summed E-state index contributed by atoms with van der Waals surface area (Å²) >= 11 is 5.88. The average Bonchev–Trinajstić information content (AvgIpc) is 3.34. The van der Waals surface area contributed by atoms with Gasteiger partial charge in [-0.15, -0.1) is 0 Å². The van der Waals surface area contributed by atoms with Crippen LogP contribution in [0.3, 0.4) is 0 Å². The van der Waals surface area contributed by atoms with Crippen molar-refractivity contribution in [3.63, 3.8) is 0 Å². The molecule has 0 aliphatic heterocycles. The maximum atomic E-state index is 12.5. The number of hydrogen-bond acceptors (Lipinski definition) is 4. The summed E-state index contributed by atoms with van der Waals surface area (Å²) in [4.78, 5) is 24.8. The Morgan fingerprint density at radius 3 is 2.38 bits per heavy atom. The number of furan rings is 2. The van der Waals surface area contributed by atoms with E-state index in [1.54, 1.807) is 48.5 Å². The van der Waals surface area contributed by atoms with Gasteiger partial charge in [0.05, 0.1) is 19.1 Å². The molecular formula is C19H15ClN2O4. The standard InChI is InChI=1S/C19H15ClN2O4/c20-14-7-5-13(6-8-14)11-16(22-19(24)17-4-2-10-26-17)18(23)21-12-15-3-1-9-25-15/h1-11H,12H2,(H,21,23)(H,22,24). The van der Waals surface area contributed by atoms with Crippen LogP contribution in [0.25, 0.3) is 6.08 Å². The van der Waals surface area contributed by atoms with Gasteiger partial charge in [-0.2, -0.15) is 0 Å². The molecule has 0 atom stereocenters. The van der Waals surface area contributed by atoms with Crippen molar-refractivity contribution < 1.29 is 18.4 Å². The Bertz CT molecular complexity index is 898. The Morgan fingerprint density at radius 2 is 1.73 bits per heavy atom. The van der Waals surface area contributed by atoms with Crippen LogP contribution in [0, 0.1) is 0 Å². The van der Waals surface area contributed by atoms with Gasteiger partial charge < -0.3 is 19.5 Å². The molecule has 0 spiro atoms. The Morgan fingerprint density at radius 1 is 1.00 bits per heavy atom. The van der Waals surface area contributed by atoms with Crippen LogP contribution in [0.2, 0.25) is 5.02 Å². The topological polar surface area (TPSA) is 84.5 Å². The molecule has 0 unspecified atom stereocenters. The first-order chi connectivity index (χ1) is 12.6. The molecule has 3 aromatic rings. The summed E-state index contributed by atoms with van der Waals surface area (Å²) in [6.45, 7) is 0.195. The Balaban J connectivity index is 1.78. The van der Waals surface area contributed by atoms with Crippen LogP contribution in [0.15, 0.2) is 75.6 Å². The van der Waals surface area contributed by atoms with Gasteiger partial charge in [0.25, 0.3) is 11.8 Å². The van der Waals surface area contributed by atoms with Crippen molar-refractivity contribution in [2.45, 2.75) is 6.54 Å².